The largest absolute Gasteiger partial charge is 0.465 e. The molecular weight excluding hydrogens is 228 g/mol. The first-order valence-electron chi connectivity index (χ1n) is 5.42. The fourth-order valence-corrected chi connectivity index (χ4v) is 2.52. The molecule has 6 heteroatoms. The van der Waals surface area contributed by atoms with Gasteiger partial charge in [0.25, 0.3) is 0 Å². The van der Waals surface area contributed by atoms with Crippen molar-refractivity contribution in [1.29, 1.82) is 0 Å². The van der Waals surface area contributed by atoms with Crippen LogP contribution in [0.15, 0.2) is 0 Å². The molecule has 5 nitrogen and oxygen atoms in total. The molecule has 1 rings (SSSR count). The van der Waals surface area contributed by atoms with E-state index >= 15 is 0 Å². The monoisotopic (exact) mass is 246 g/mol. The SMILES string of the molecule is CCOC(=O)C(N)CSCC1CCC(=O)N1. The van der Waals surface area contributed by atoms with Crippen LogP contribution in [0.5, 0.6) is 0 Å². The predicted octanol–water partition coefficient (Wildman–Crippen LogP) is -0.111. The van der Waals surface area contributed by atoms with E-state index < -0.39 is 6.04 Å². The van der Waals surface area contributed by atoms with Crippen molar-refractivity contribution in [2.24, 2.45) is 5.73 Å². The van der Waals surface area contributed by atoms with Crippen LogP contribution < -0.4 is 11.1 Å². The first-order valence-corrected chi connectivity index (χ1v) is 6.58. The Morgan fingerprint density at radius 3 is 3.06 bits per heavy atom. The Morgan fingerprint density at radius 2 is 2.50 bits per heavy atom. The van der Waals surface area contributed by atoms with Gasteiger partial charge in [-0.2, -0.15) is 11.8 Å². The Kier molecular flexibility index (Phi) is 5.62. The van der Waals surface area contributed by atoms with Crippen molar-refractivity contribution < 1.29 is 14.3 Å². The first kappa shape index (κ1) is 13.3. The minimum Gasteiger partial charge on any atom is -0.465 e. The van der Waals surface area contributed by atoms with Crippen LogP contribution in [-0.2, 0) is 14.3 Å². The highest BCUT2D eigenvalue weighted by Gasteiger charge is 2.21. The van der Waals surface area contributed by atoms with Crippen LogP contribution in [0, 0.1) is 0 Å². The summed E-state index contributed by atoms with van der Waals surface area (Å²) in [6.45, 7) is 2.11. The summed E-state index contributed by atoms with van der Waals surface area (Å²) in [6.07, 6.45) is 1.48. The summed E-state index contributed by atoms with van der Waals surface area (Å²) < 4.78 is 4.80. The van der Waals surface area contributed by atoms with Gasteiger partial charge >= 0.3 is 5.97 Å². The zero-order valence-corrected chi connectivity index (χ0v) is 10.2. The Labute approximate surface area is 99.5 Å². The molecule has 0 aliphatic carbocycles. The van der Waals surface area contributed by atoms with Gasteiger partial charge in [-0.15, -0.1) is 0 Å². The average Bonchev–Trinajstić information content (AvgIpc) is 2.64. The van der Waals surface area contributed by atoms with Gasteiger partial charge in [0, 0.05) is 24.0 Å². The fourth-order valence-electron chi connectivity index (χ4n) is 1.46. The molecule has 2 unspecified atom stereocenters. The minimum atomic E-state index is -0.568. The third-order valence-electron chi connectivity index (χ3n) is 2.29. The van der Waals surface area contributed by atoms with Gasteiger partial charge in [0.1, 0.15) is 6.04 Å². The minimum absolute atomic E-state index is 0.111. The van der Waals surface area contributed by atoms with Crippen molar-refractivity contribution in [2.45, 2.75) is 31.8 Å². The molecule has 0 aromatic carbocycles. The van der Waals surface area contributed by atoms with Gasteiger partial charge < -0.3 is 15.8 Å². The lowest BCUT2D eigenvalue weighted by atomic mass is 10.2. The van der Waals surface area contributed by atoms with Gasteiger partial charge in [-0.25, -0.2) is 0 Å². The Bertz CT molecular complexity index is 260. The van der Waals surface area contributed by atoms with Crippen LogP contribution in [0.4, 0.5) is 0 Å². The lowest BCUT2D eigenvalue weighted by molar-refractivity contribution is -0.144. The van der Waals surface area contributed by atoms with E-state index in [2.05, 4.69) is 5.32 Å². The van der Waals surface area contributed by atoms with Gasteiger partial charge in [-0.05, 0) is 13.3 Å². The second-order valence-corrected chi connectivity index (χ2v) is 4.77. The second-order valence-electron chi connectivity index (χ2n) is 3.70. The number of carbonyl (C=O) groups excluding carboxylic acids is 2. The molecule has 0 saturated carbocycles. The quantitative estimate of drug-likeness (QED) is 0.639. The number of nitrogens with one attached hydrogen (secondary N) is 1. The highest BCUT2D eigenvalue weighted by molar-refractivity contribution is 7.99. The van der Waals surface area contributed by atoms with Crippen molar-refractivity contribution in [1.82, 2.24) is 5.32 Å². The summed E-state index contributed by atoms with van der Waals surface area (Å²) >= 11 is 1.57. The number of thioether (sulfide) groups is 1. The predicted molar refractivity (Wildman–Crippen MR) is 63.1 cm³/mol. The van der Waals surface area contributed by atoms with Crippen molar-refractivity contribution in [3.63, 3.8) is 0 Å². The Balaban J connectivity index is 2.10. The molecule has 0 aromatic rings. The zero-order chi connectivity index (χ0) is 12.0. The Morgan fingerprint density at radius 1 is 1.75 bits per heavy atom. The van der Waals surface area contributed by atoms with Crippen molar-refractivity contribution in [3.8, 4) is 0 Å². The van der Waals surface area contributed by atoms with Crippen LogP contribution >= 0.6 is 11.8 Å². The van der Waals surface area contributed by atoms with Crippen molar-refractivity contribution >= 4 is 23.6 Å². The van der Waals surface area contributed by atoms with Crippen LogP contribution in [0.25, 0.3) is 0 Å². The standard InChI is InChI=1S/C10H18N2O3S/c1-2-15-10(14)8(11)6-16-5-7-3-4-9(13)12-7/h7-8H,2-6,11H2,1H3,(H,12,13). The fraction of sp³-hybridized carbons (Fsp3) is 0.800. The molecule has 92 valence electrons. The first-order chi connectivity index (χ1) is 7.63. The molecule has 0 aromatic heterocycles. The molecule has 0 bridgehead atoms. The molecule has 0 spiro atoms. The van der Waals surface area contributed by atoms with Crippen LogP contribution in [0.3, 0.4) is 0 Å². The van der Waals surface area contributed by atoms with Crippen molar-refractivity contribution in [3.05, 3.63) is 0 Å². The van der Waals surface area contributed by atoms with Gasteiger partial charge in [-0.3, -0.25) is 9.59 Å². The van der Waals surface area contributed by atoms with Gasteiger partial charge in [-0.1, -0.05) is 0 Å². The molecule has 1 saturated heterocycles. The van der Waals surface area contributed by atoms with E-state index in [1.54, 1.807) is 18.7 Å². The maximum absolute atomic E-state index is 11.2. The summed E-state index contributed by atoms with van der Waals surface area (Å²) in [4.78, 5) is 22.1. The normalized spacial score (nSPS) is 21.6. The third kappa shape index (κ3) is 4.40. The number of amides is 1. The number of rotatable bonds is 6. The third-order valence-corrected chi connectivity index (χ3v) is 3.52. The van der Waals surface area contributed by atoms with E-state index in [1.807, 2.05) is 0 Å². The maximum Gasteiger partial charge on any atom is 0.323 e. The zero-order valence-electron chi connectivity index (χ0n) is 9.40. The number of hydrogen-bond acceptors (Lipinski definition) is 5. The molecule has 16 heavy (non-hydrogen) atoms. The van der Waals surface area contributed by atoms with Gasteiger partial charge in [0.15, 0.2) is 0 Å². The number of ether oxygens (including phenoxy) is 1. The molecule has 1 fully saturated rings. The molecular formula is C10H18N2O3S. The highest BCUT2D eigenvalue weighted by atomic mass is 32.2. The second kappa shape index (κ2) is 6.75. The molecule has 1 heterocycles. The van der Waals surface area contributed by atoms with Crippen molar-refractivity contribution in [2.75, 3.05) is 18.1 Å². The van der Waals surface area contributed by atoms with Crippen LogP contribution in [0.1, 0.15) is 19.8 Å². The number of carbonyl (C=O) groups is 2. The van der Waals surface area contributed by atoms with Gasteiger partial charge in [0.2, 0.25) is 5.91 Å². The van der Waals surface area contributed by atoms with E-state index in [0.717, 1.165) is 12.2 Å². The summed E-state index contributed by atoms with van der Waals surface area (Å²) in [5.41, 5.74) is 5.63. The summed E-state index contributed by atoms with van der Waals surface area (Å²) in [5, 5.41) is 2.87. The lowest BCUT2D eigenvalue weighted by Gasteiger charge is -2.12. The molecule has 1 amide bonds. The van der Waals surface area contributed by atoms with E-state index in [1.165, 1.54) is 0 Å². The van der Waals surface area contributed by atoms with E-state index in [4.69, 9.17) is 10.5 Å². The van der Waals surface area contributed by atoms with E-state index in [-0.39, 0.29) is 17.9 Å². The molecule has 1 aliphatic rings. The Hall–Kier alpha value is -0.750. The maximum atomic E-state index is 11.2. The average molecular weight is 246 g/mol. The molecule has 1 aliphatic heterocycles. The van der Waals surface area contributed by atoms with Gasteiger partial charge in [0.05, 0.1) is 6.61 Å². The topological polar surface area (TPSA) is 81.4 Å². The molecule has 3 N–H and O–H groups in total. The van der Waals surface area contributed by atoms with Crippen LogP contribution in [0.2, 0.25) is 0 Å². The number of nitrogens with two attached hydrogens (primary N) is 1. The van der Waals surface area contributed by atoms with E-state index in [9.17, 15) is 9.59 Å². The molecule has 0 radical (unpaired) electrons. The van der Waals surface area contributed by atoms with Crippen LogP contribution in [-0.4, -0.2) is 42.1 Å². The summed E-state index contributed by atoms with van der Waals surface area (Å²) in [5.74, 6) is 1.09. The molecule has 2 atom stereocenters. The summed E-state index contributed by atoms with van der Waals surface area (Å²) in [7, 11) is 0. The number of esters is 1. The lowest BCUT2D eigenvalue weighted by Crippen LogP contribution is -2.35. The number of hydrogen-bond donors (Lipinski definition) is 2. The smallest absolute Gasteiger partial charge is 0.323 e. The van der Waals surface area contributed by atoms with E-state index in [0.29, 0.717) is 18.8 Å². The highest BCUT2D eigenvalue weighted by Crippen LogP contribution is 2.13. The summed E-state index contributed by atoms with van der Waals surface area (Å²) in [6, 6.07) is -0.339.